The number of hydrogen-bond acceptors (Lipinski definition) is 3. The van der Waals surface area contributed by atoms with Crippen molar-refractivity contribution in [1.29, 1.82) is 0 Å². The summed E-state index contributed by atoms with van der Waals surface area (Å²) in [5.74, 6) is 1.60. The molecule has 1 aliphatic carbocycles. The van der Waals surface area contributed by atoms with E-state index in [2.05, 4.69) is 56.0 Å². The van der Waals surface area contributed by atoms with Gasteiger partial charge in [-0.15, -0.1) is 0 Å². The van der Waals surface area contributed by atoms with Crippen molar-refractivity contribution in [1.82, 2.24) is 4.90 Å². The van der Waals surface area contributed by atoms with Crippen LogP contribution in [0.5, 0.6) is 0 Å². The van der Waals surface area contributed by atoms with E-state index in [9.17, 15) is 5.11 Å². The van der Waals surface area contributed by atoms with Crippen LogP contribution in [0.4, 0.5) is 0 Å². The number of piperidine rings is 1. The first-order valence-electron chi connectivity index (χ1n) is 11.5. The monoisotopic (exact) mass is 387 g/mol. The van der Waals surface area contributed by atoms with Gasteiger partial charge in [-0.25, -0.2) is 0 Å². The van der Waals surface area contributed by atoms with Gasteiger partial charge < -0.3 is 14.7 Å². The van der Waals surface area contributed by atoms with E-state index < -0.39 is 0 Å². The minimum Gasteiger partial charge on any atom is -0.389 e. The number of benzene rings is 1. The molecule has 1 saturated heterocycles. The Hall–Kier alpha value is -0.900. The van der Waals surface area contributed by atoms with E-state index in [-0.39, 0.29) is 6.10 Å². The van der Waals surface area contributed by atoms with Crippen molar-refractivity contribution in [2.75, 3.05) is 26.2 Å². The zero-order valence-electron chi connectivity index (χ0n) is 18.3. The molecule has 1 N–H and O–H groups in total. The van der Waals surface area contributed by atoms with Gasteiger partial charge in [0.25, 0.3) is 0 Å². The summed E-state index contributed by atoms with van der Waals surface area (Å²) in [5.41, 5.74) is 1.87. The van der Waals surface area contributed by atoms with Crippen LogP contribution in [0.15, 0.2) is 30.3 Å². The number of nitrogens with zero attached hydrogens (tertiary/aromatic N) is 1. The maximum atomic E-state index is 10.4. The summed E-state index contributed by atoms with van der Waals surface area (Å²) in [6.07, 6.45) is 8.49. The van der Waals surface area contributed by atoms with Crippen molar-refractivity contribution in [3.05, 3.63) is 35.9 Å². The lowest BCUT2D eigenvalue weighted by atomic mass is 9.72. The third kappa shape index (κ3) is 6.86. The number of hydrogen-bond donors (Lipinski definition) is 1. The second kappa shape index (κ2) is 10.2. The Morgan fingerprint density at radius 3 is 2.25 bits per heavy atom. The van der Waals surface area contributed by atoms with Crippen LogP contribution in [-0.4, -0.2) is 48.5 Å². The van der Waals surface area contributed by atoms with Crippen molar-refractivity contribution in [3.8, 4) is 0 Å². The maximum Gasteiger partial charge on any atom is 0.0900 e. The van der Waals surface area contributed by atoms with Crippen LogP contribution in [-0.2, 0) is 11.2 Å². The number of aliphatic hydroxyl groups is 1. The molecule has 3 heteroatoms. The summed E-state index contributed by atoms with van der Waals surface area (Å²) >= 11 is 0. The molecule has 0 radical (unpaired) electrons. The fourth-order valence-electron chi connectivity index (χ4n) is 5.01. The van der Waals surface area contributed by atoms with E-state index in [4.69, 9.17) is 4.74 Å². The van der Waals surface area contributed by atoms with Crippen molar-refractivity contribution in [2.45, 2.75) is 77.9 Å². The third-order valence-corrected chi connectivity index (χ3v) is 6.97. The molecule has 158 valence electrons. The highest BCUT2D eigenvalue weighted by Gasteiger charge is 2.30. The summed E-state index contributed by atoms with van der Waals surface area (Å²) < 4.78 is 6.07. The van der Waals surface area contributed by atoms with Crippen molar-refractivity contribution in [2.24, 2.45) is 17.3 Å². The molecule has 1 aromatic carbocycles. The largest absolute Gasteiger partial charge is 0.389 e. The van der Waals surface area contributed by atoms with Crippen molar-refractivity contribution in [3.63, 3.8) is 0 Å². The molecular weight excluding hydrogens is 346 g/mol. The SMILES string of the molecule is CC(C)(C)C1CCC(OCC(O)CN2CCC(Cc3ccccc3)CC2)CC1. The van der Waals surface area contributed by atoms with Crippen LogP contribution in [0.1, 0.15) is 64.9 Å². The predicted octanol–water partition coefficient (Wildman–Crippen LogP) is 4.92. The fraction of sp³-hybridized carbons (Fsp3) is 0.760. The van der Waals surface area contributed by atoms with Gasteiger partial charge in [-0.05, 0) is 80.8 Å². The fourth-order valence-corrected chi connectivity index (χ4v) is 5.01. The lowest BCUT2D eigenvalue weighted by Crippen LogP contribution is -2.41. The van der Waals surface area contributed by atoms with Crippen LogP contribution in [0.2, 0.25) is 0 Å². The standard InChI is InChI=1S/C25H41NO2/c1-25(2,3)22-9-11-24(12-10-22)28-19-23(27)18-26-15-13-21(14-16-26)17-20-7-5-4-6-8-20/h4-8,21-24,27H,9-19H2,1-3H3. The van der Waals surface area contributed by atoms with Gasteiger partial charge in [0, 0.05) is 6.54 Å². The van der Waals surface area contributed by atoms with Crippen LogP contribution in [0.3, 0.4) is 0 Å². The minimum absolute atomic E-state index is 0.352. The highest BCUT2D eigenvalue weighted by atomic mass is 16.5. The Labute approximate surface area is 172 Å². The van der Waals surface area contributed by atoms with Crippen molar-refractivity contribution < 1.29 is 9.84 Å². The van der Waals surface area contributed by atoms with E-state index in [0.29, 0.717) is 18.1 Å². The molecule has 2 aliphatic rings. The molecule has 1 aromatic rings. The van der Waals surface area contributed by atoms with E-state index in [1.165, 1.54) is 37.7 Å². The van der Waals surface area contributed by atoms with Gasteiger partial charge in [0.15, 0.2) is 0 Å². The number of β-amino-alcohol motifs (C(OH)–C–C–N with tert-alkyl or cyclic N) is 1. The minimum atomic E-state index is -0.356. The van der Waals surface area contributed by atoms with Gasteiger partial charge >= 0.3 is 0 Å². The normalized spacial score (nSPS) is 26.3. The first kappa shape index (κ1) is 21.8. The molecule has 0 amide bonds. The Bertz CT molecular complexity index is 552. The van der Waals surface area contributed by atoms with E-state index in [1.54, 1.807) is 0 Å². The predicted molar refractivity (Wildman–Crippen MR) is 116 cm³/mol. The first-order valence-corrected chi connectivity index (χ1v) is 11.5. The van der Waals surface area contributed by atoms with Gasteiger partial charge in [0.2, 0.25) is 0 Å². The average molecular weight is 388 g/mol. The summed E-state index contributed by atoms with van der Waals surface area (Å²) in [6.45, 7) is 10.5. The molecule has 1 unspecified atom stereocenters. The second-order valence-corrected chi connectivity index (χ2v) is 10.3. The summed E-state index contributed by atoms with van der Waals surface area (Å²) in [4.78, 5) is 2.42. The van der Waals surface area contributed by atoms with Gasteiger partial charge in [0.05, 0.1) is 18.8 Å². The Morgan fingerprint density at radius 1 is 1.00 bits per heavy atom. The Balaban J connectivity index is 1.29. The zero-order valence-corrected chi connectivity index (χ0v) is 18.3. The van der Waals surface area contributed by atoms with Crippen LogP contribution < -0.4 is 0 Å². The molecule has 1 aliphatic heterocycles. The lowest BCUT2D eigenvalue weighted by Gasteiger charge is -2.37. The van der Waals surface area contributed by atoms with Crippen LogP contribution in [0, 0.1) is 17.3 Å². The second-order valence-electron chi connectivity index (χ2n) is 10.3. The van der Waals surface area contributed by atoms with Gasteiger partial charge in [-0.2, -0.15) is 0 Å². The molecule has 2 fully saturated rings. The van der Waals surface area contributed by atoms with E-state index in [0.717, 1.165) is 44.3 Å². The summed E-state index contributed by atoms with van der Waals surface area (Å²) in [6, 6.07) is 10.8. The summed E-state index contributed by atoms with van der Waals surface area (Å²) in [5, 5.41) is 10.4. The Kier molecular flexibility index (Phi) is 7.96. The molecule has 1 saturated carbocycles. The van der Waals surface area contributed by atoms with Crippen LogP contribution in [0.25, 0.3) is 0 Å². The number of ether oxygens (including phenoxy) is 1. The quantitative estimate of drug-likeness (QED) is 0.720. The molecule has 28 heavy (non-hydrogen) atoms. The van der Waals surface area contributed by atoms with E-state index in [1.807, 2.05) is 0 Å². The molecule has 3 nitrogen and oxygen atoms in total. The maximum absolute atomic E-state index is 10.4. The first-order chi connectivity index (χ1) is 13.4. The molecule has 1 atom stereocenters. The molecule has 0 spiro atoms. The smallest absolute Gasteiger partial charge is 0.0900 e. The molecule has 1 heterocycles. The van der Waals surface area contributed by atoms with E-state index >= 15 is 0 Å². The lowest BCUT2D eigenvalue weighted by molar-refractivity contribution is -0.0462. The average Bonchev–Trinajstić information content (AvgIpc) is 2.68. The highest BCUT2D eigenvalue weighted by molar-refractivity contribution is 5.15. The molecular formula is C25H41NO2. The highest BCUT2D eigenvalue weighted by Crippen LogP contribution is 2.38. The van der Waals surface area contributed by atoms with Gasteiger partial charge in [0.1, 0.15) is 0 Å². The number of rotatable bonds is 7. The summed E-state index contributed by atoms with van der Waals surface area (Å²) in [7, 11) is 0. The van der Waals surface area contributed by atoms with Gasteiger partial charge in [-0.3, -0.25) is 0 Å². The molecule has 0 aromatic heterocycles. The molecule has 0 bridgehead atoms. The molecule has 3 rings (SSSR count). The number of aliphatic hydroxyl groups excluding tert-OH is 1. The van der Waals surface area contributed by atoms with Crippen molar-refractivity contribution >= 4 is 0 Å². The third-order valence-electron chi connectivity index (χ3n) is 6.97. The number of likely N-dealkylation sites (tertiary alicyclic amines) is 1. The van der Waals surface area contributed by atoms with Crippen LogP contribution >= 0.6 is 0 Å². The topological polar surface area (TPSA) is 32.7 Å². The van der Waals surface area contributed by atoms with Gasteiger partial charge in [-0.1, -0.05) is 51.1 Å². The Morgan fingerprint density at radius 2 is 1.64 bits per heavy atom. The zero-order chi connectivity index (χ0) is 20.0.